The second kappa shape index (κ2) is 9.54. The molecule has 2 aliphatic heterocycles. The van der Waals surface area contributed by atoms with E-state index in [-0.39, 0.29) is 18.3 Å². The van der Waals surface area contributed by atoms with Gasteiger partial charge in [-0.2, -0.15) is 12.7 Å². The summed E-state index contributed by atoms with van der Waals surface area (Å²) in [6.45, 7) is 0.149. The first-order chi connectivity index (χ1) is 17.3. The van der Waals surface area contributed by atoms with Crippen molar-refractivity contribution < 1.29 is 31.5 Å². The van der Waals surface area contributed by atoms with Crippen molar-refractivity contribution in [2.75, 3.05) is 44.9 Å². The molecular formula is C23H25F2N5O5S. The fourth-order valence-electron chi connectivity index (χ4n) is 4.59. The second-order valence-electron chi connectivity index (χ2n) is 8.58. The van der Waals surface area contributed by atoms with E-state index in [1.54, 1.807) is 12.3 Å². The van der Waals surface area contributed by atoms with Gasteiger partial charge in [-0.05, 0) is 31.0 Å². The molecule has 1 fully saturated rings. The average molecular weight is 522 g/mol. The van der Waals surface area contributed by atoms with Crippen molar-refractivity contribution in [2.24, 2.45) is 0 Å². The molecule has 1 unspecified atom stereocenters. The van der Waals surface area contributed by atoms with Crippen LogP contribution in [0.25, 0.3) is 5.65 Å². The zero-order chi connectivity index (χ0) is 25.4. The van der Waals surface area contributed by atoms with Crippen molar-refractivity contribution in [1.29, 1.82) is 0 Å². The van der Waals surface area contributed by atoms with Gasteiger partial charge in [0.15, 0.2) is 11.5 Å². The van der Waals surface area contributed by atoms with Gasteiger partial charge in [-0.3, -0.25) is 9.20 Å². The molecule has 0 bridgehead atoms. The summed E-state index contributed by atoms with van der Waals surface area (Å²) < 4.78 is 67.2. The molecule has 0 spiro atoms. The van der Waals surface area contributed by atoms with Gasteiger partial charge in [0.1, 0.15) is 37.0 Å². The van der Waals surface area contributed by atoms with Crippen LogP contribution in [0.1, 0.15) is 34.9 Å². The molecule has 0 radical (unpaired) electrons. The number of carbonyl (C=O) groups excluding carboxylic acids is 1. The van der Waals surface area contributed by atoms with Crippen molar-refractivity contribution in [3.8, 4) is 11.5 Å². The fraction of sp³-hybridized carbons (Fsp3) is 0.391. The van der Waals surface area contributed by atoms with Crippen LogP contribution in [0.2, 0.25) is 0 Å². The topological polar surface area (TPSA) is 105 Å². The molecule has 1 atom stereocenters. The third-order valence-electron chi connectivity index (χ3n) is 6.33. The Kier molecular flexibility index (Phi) is 6.43. The summed E-state index contributed by atoms with van der Waals surface area (Å²) in [4.78, 5) is 19.1. The molecule has 1 N–H and O–H groups in total. The first-order valence-corrected chi connectivity index (χ1v) is 12.9. The molecule has 13 heteroatoms. The van der Waals surface area contributed by atoms with E-state index in [9.17, 15) is 22.0 Å². The quantitative estimate of drug-likeness (QED) is 0.509. The number of halogens is 2. The lowest BCUT2D eigenvalue weighted by molar-refractivity contribution is 0.0973. The van der Waals surface area contributed by atoms with E-state index in [1.165, 1.54) is 29.8 Å². The minimum absolute atomic E-state index is 0.000288. The standard InChI is InChI=1S/C23H25F2N5O5S/c1-28(8-6-24)36(32,33)27-23(31)19-13-26-21-5-4-16(14-30(19)21)29-7-2-3-18(29)17-11-15(25)12-20-22(17)35-10-9-34-20/h4-5,11-14,18H,2-3,6-10H2,1H3,(H,27,31). The van der Waals surface area contributed by atoms with E-state index in [0.717, 1.165) is 22.8 Å². The lowest BCUT2D eigenvalue weighted by Crippen LogP contribution is -2.42. The van der Waals surface area contributed by atoms with Gasteiger partial charge in [-0.25, -0.2) is 18.5 Å². The Morgan fingerprint density at radius 1 is 1.28 bits per heavy atom. The van der Waals surface area contributed by atoms with Gasteiger partial charge in [-0.1, -0.05) is 0 Å². The number of benzene rings is 1. The monoisotopic (exact) mass is 521 g/mol. The smallest absolute Gasteiger partial charge is 0.303 e. The Bertz CT molecular complexity index is 1410. The second-order valence-corrected chi connectivity index (χ2v) is 10.4. The number of hydrogen-bond donors (Lipinski definition) is 1. The molecular weight excluding hydrogens is 496 g/mol. The van der Waals surface area contributed by atoms with Gasteiger partial charge in [0.2, 0.25) is 0 Å². The van der Waals surface area contributed by atoms with Gasteiger partial charge in [0.25, 0.3) is 5.91 Å². The number of rotatable bonds is 7. The SMILES string of the molecule is CN(CCF)S(=O)(=O)NC(=O)c1cnc2ccc(N3CCCC3c3cc(F)cc4c3OCCO4)cn12. The molecule has 1 aromatic carbocycles. The summed E-state index contributed by atoms with van der Waals surface area (Å²) in [5.41, 5.74) is 1.87. The van der Waals surface area contributed by atoms with Crippen molar-refractivity contribution in [3.63, 3.8) is 0 Å². The Hall–Kier alpha value is -3.45. The van der Waals surface area contributed by atoms with Gasteiger partial charge in [0, 0.05) is 38.0 Å². The molecule has 0 saturated carbocycles. The van der Waals surface area contributed by atoms with Crippen LogP contribution in [-0.4, -0.2) is 68.0 Å². The molecule has 36 heavy (non-hydrogen) atoms. The number of hydrogen-bond acceptors (Lipinski definition) is 7. The van der Waals surface area contributed by atoms with Crippen LogP contribution >= 0.6 is 0 Å². The van der Waals surface area contributed by atoms with Crippen molar-refractivity contribution in [1.82, 2.24) is 18.4 Å². The molecule has 1 amide bonds. The molecule has 10 nitrogen and oxygen atoms in total. The number of alkyl halides is 1. The Morgan fingerprint density at radius 3 is 2.89 bits per heavy atom. The van der Waals surface area contributed by atoms with Gasteiger partial charge >= 0.3 is 10.2 Å². The number of carbonyl (C=O) groups is 1. The van der Waals surface area contributed by atoms with E-state index in [2.05, 4.69) is 9.88 Å². The van der Waals surface area contributed by atoms with Crippen LogP contribution in [0.3, 0.4) is 0 Å². The molecule has 192 valence electrons. The lowest BCUT2D eigenvalue weighted by Gasteiger charge is -2.30. The van der Waals surface area contributed by atoms with Gasteiger partial charge < -0.3 is 14.4 Å². The predicted molar refractivity (Wildman–Crippen MR) is 127 cm³/mol. The van der Waals surface area contributed by atoms with Crippen LogP contribution < -0.4 is 19.1 Å². The van der Waals surface area contributed by atoms with E-state index in [0.29, 0.717) is 42.5 Å². The van der Waals surface area contributed by atoms with Crippen LogP contribution in [0.15, 0.2) is 36.7 Å². The Morgan fingerprint density at radius 2 is 2.08 bits per heavy atom. The predicted octanol–water partition coefficient (Wildman–Crippen LogP) is 2.46. The van der Waals surface area contributed by atoms with E-state index in [1.807, 2.05) is 10.8 Å². The maximum atomic E-state index is 14.4. The number of pyridine rings is 1. The van der Waals surface area contributed by atoms with Crippen molar-refractivity contribution in [3.05, 3.63) is 53.7 Å². The maximum absolute atomic E-state index is 14.4. The third-order valence-corrected chi connectivity index (χ3v) is 7.78. The third kappa shape index (κ3) is 4.44. The highest BCUT2D eigenvalue weighted by atomic mass is 32.2. The Labute approximate surface area is 206 Å². The van der Waals surface area contributed by atoms with Crippen LogP contribution in [0.4, 0.5) is 14.5 Å². The van der Waals surface area contributed by atoms with E-state index >= 15 is 0 Å². The number of nitrogens with one attached hydrogen (secondary N) is 1. The molecule has 3 aromatic rings. The first-order valence-electron chi connectivity index (χ1n) is 11.5. The first kappa shape index (κ1) is 24.3. The number of imidazole rings is 1. The van der Waals surface area contributed by atoms with E-state index < -0.39 is 28.6 Å². The van der Waals surface area contributed by atoms with E-state index in [4.69, 9.17) is 9.47 Å². The molecule has 0 aliphatic carbocycles. The normalized spacial score (nSPS) is 17.7. The highest BCUT2D eigenvalue weighted by Crippen LogP contribution is 2.45. The van der Waals surface area contributed by atoms with Gasteiger partial charge in [0.05, 0.1) is 17.9 Å². The molecule has 5 rings (SSSR count). The number of nitrogens with zero attached hydrogens (tertiary/aromatic N) is 4. The maximum Gasteiger partial charge on any atom is 0.303 e. The number of ether oxygens (including phenoxy) is 2. The number of amides is 1. The summed E-state index contributed by atoms with van der Waals surface area (Å²) in [6.07, 6.45) is 4.57. The molecule has 1 saturated heterocycles. The van der Waals surface area contributed by atoms with Crippen molar-refractivity contribution in [2.45, 2.75) is 18.9 Å². The number of anilines is 1. The van der Waals surface area contributed by atoms with Crippen LogP contribution in [0.5, 0.6) is 11.5 Å². The summed E-state index contributed by atoms with van der Waals surface area (Å²) in [5.74, 6) is -0.394. The highest BCUT2D eigenvalue weighted by Gasteiger charge is 2.32. The van der Waals surface area contributed by atoms with Crippen LogP contribution in [-0.2, 0) is 10.2 Å². The summed E-state index contributed by atoms with van der Waals surface area (Å²) >= 11 is 0. The fourth-order valence-corrected chi connectivity index (χ4v) is 5.39. The number of fused-ring (bicyclic) bond motifs is 2. The molecule has 4 heterocycles. The highest BCUT2D eigenvalue weighted by molar-refractivity contribution is 7.87. The lowest BCUT2D eigenvalue weighted by atomic mass is 10.0. The Balaban J connectivity index is 1.47. The summed E-state index contributed by atoms with van der Waals surface area (Å²) in [5, 5.41) is 0. The zero-order valence-corrected chi connectivity index (χ0v) is 20.3. The average Bonchev–Trinajstić information content (AvgIpc) is 3.50. The summed E-state index contributed by atoms with van der Waals surface area (Å²) in [6, 6.07) is 6.15. The largest absolute Gasteiger partial charge is 0.486 e. The number of aromatic nitrogens is 2. The summed E-state index contributed by atoms with van der Waals surface area (Å²) in [7, 11) is -3.04. The van der Waals surface area contributed by atoms with Crippen molar-refractivity contribution >= 4 is 27.5 Å². The molecule has 2 aliphatic rings. The van der Waals surface area contributed by atoms with Gasteiger partial charge in [-0.15, -0.1) is 0 Å². The van der Waals surface area contributed by atoms with Crippen LogP contribution in [0, 0.1) is 5.82 Å². The molecule has 2 aromatic heterocycles. The minimum Gasteiger partial charge on any atom is -0.486 e. The zero-order valence-electron chi connectivity index (χ0n) is 19.5. The minimum atomic E-state index is -4.22.